The number of hydrogen-bond donors (Lipinski definition) is 0. The third-order valence-electron chi connectivity index (χ3n) is 4.21. The smallest absolute Gasteiger partial charge is 0.462 e. The molecule has 1 amide bonds. The lowest BCUT2D eigenvalue weighted by molar-refractivity contribution is -0.173. The normalized spacial score (nSPS) is 20.8. The number of amides is 1. The predicted octanol–water partition coefficient (Wildman–Crippen LogP) is 2.10. The summed E-state index contributed by atoms with van der Waals surface area (Å²) < 4.78 is 20.2. The molecule has 2 heterocycles. The second-order valence-corrected chi connectivity index (χ2v) is 6.45. The molecule has 8 heteroatoms. The van der Waals surface area contributed by atoms with Crippen LogP contribution in [0, 0.1) is 5.41 Å². The van der Waals surface area contributed by atoms with Gasteiger partial charge in [0, 0.05) is 25.9 Å². The standard InChI is InChI=1S/C16H25NO7/c1-3-4-9-21-14(19)17-7-5-12(6-8-17)24-13(18)16(2)10-22-15(20)23-11-16/h12H,3-11H2,1-2H3. The van der Waals surface area contributed by atoms with E-state index >= 15 is 0 Å². The quantitative estimate of drug-likeness (QED) is 0.429. The van der Waals surface area contributed by atoms with Crippen molar-refractivity contribution in [2.75, 3.05) is 32.9 Å². The van der Waals surface area contributed by atoms with Crippen LogP contribution in [0.15, 0.2) is 0 Å². The van der Waals surface area contributed by atoms with Gasteiger partial charge in [0.1, 0.15) is 24.7 Å². The Morgan fingerprint density at radius 2 is 1.88 bits per heavy atom. The van der Waals surface area contributed by atoms with Crippen molar-refractivity contribution in [3.05, 3.63) is 0 Å². The number of ether oxygens (including phenoxy) is 4. The highest BCUT2D eigenvalue weighted by Crippen LogP contribution is 2.26. The van der Waals surface area contributed by atoms with Gasteiger partial charge in [-0.2, -0.15) is 0 Å². The van der Waals surface area contributed by atoms with Gasteiger partial charge in [0.2, 0.25) is 0 Å². The zero-order chi connectivity index (χ0) is 17.6. The second-order valence-electron chi connectivity index (χ2n) is 6.45. The summed E-state index contributed by atoms with van der Waals surface area (Å²) in [5.74, 6) is -0.445. The van der Waals surface area contributed by atoms with Crippen LogP contribution in [0.4, 0.5) is 9.59 Å². The second kappa shape index (κ2) is 8.21. The van der Waals surface area contributed by atoms with Crippen LogP contribution >= 0.6 is 0 Å². The molecule has 2 aliphatic heterocycles. The molecule has 8 nitrogen and oxygen atoms in total. The predicted molar refractivity (Wildman–Crippen MR) is 82.4 cm³/mol. The van der Waals surface area contributed by atoms with Gasteiger partial charge in [-0.05, 0) is 13.3 Å². The maximum atomic E-state index is 12.3. The summed E-state index contributed by atoms with van der Waals surface area (Å²) in [6.07, 6.45) is 1.61. The molecule has 0 radical (unpaired) electrons. The maximum Gasteiger partial charge on any atom is 0.508 e. The van der Waals surface area contributed by atoms with Gasteiger partial charge in [-0.1, -0.05) is 13.3 Å². The minimum atomic E-state index is -0.982. The first-order chi connectivity index (χ1) is 11.4. The van der Waals surface area contributed by atoms with Crippen LogP contribution in [0.1, 0.15) is 39.5 Å². The Bertz CT molecular complexity index is 461. The molecule has 136 valence electrons. The summed E-state index contributed by atoms with van der Waals surface area (Å²) in [7, 11) is 0. The molecule has 0 bridgehead atoms. The number of cyclic esters (lactones) is 2. The van der Waals surface area contributed by atoms with Crippen molar-refractivity contribution in [1.29, 1.82) is 0 Å². The molecule has 0 aliphatic carbocycles. The third kappa shape index (κ3) is 4.75. The van der Waals surface area contributed by atoms with Crippen LogP contribution < -0.4 is 0 Å². The molecular formula is C16H25NO7. The first-order valence-corrected chi connectivity index (χ1v) is 8.37. The van der Waals surface area contributed by atoms with Gasteiger partial charge in [0.05, 0.1) is 6.61 Å². The highest BCUT2D eigenvalue weighted by Gasteiger charge is 2.43. The van der Waals surface area contributed by atoms with Crippen LogP contribution in [0.5, 0.6) is 0 Å². The van der Waals surface area contributed by atoms with E-state index in [4.69, 9.17) is 18.9 Å². The molecule has 0 saturated carbocycles. The molecule has 0 unspecified atom stereocenters. The Balaban J connectivity index is 1.73. The molecule has 2 aliphatic rings. The molecular weight excluding hydrogens is 318 g/mol. The van der Waals surface area contributed by atoms with Gasteiger partial charge in [-0.3, -0.25) is 4.79 Å². The van der Waals surface area contributed by atoms with Crippen molar-refractivity contribution in [3.63, 3.8) is 0 Å². The summed E-state index contributed by atoms with van der Waals surface area (Å²) in [5.41, 5.74) is -0.982. The van der Waals surface area contributed by atoms with E-state index in [1.54, 1.807) is 11.8 Å². The van der Waals surface area contributed by atoms with E-state index in [0.717, 1.165) is 12.8 Å². The van der Waals surface area contributed by atoms with Crippen LogP contribution in [-0.2, 0) is 23.7 Å². The van der Waals surface area contributed by atoms with Crippen molar-refractivity contribution in [2.24, 2.45) is 5.41 Å². The molecule has 0 N–H and O–H groups in total. The number of nitrogens with zero attached hydrogens (tertiary/aromatic N) is 1. The topological polar surface area (TPSA) is 91.4 Å². The van der Waals surface area contributed by atoms with Crippen molar-refractivity contribution in [2.45, 2.75) is 45.6 Å². The van der Waals surface area contributed by atoms with Gasteiger partial charge >= 0.3 is 18.2 Å². The number of carbonyl (C=O) groups excluding carboxylic acids is 3. The Morgan fingerprint density at radius 3 is 2.46 bits per heavy atom. The van der Waals surface area contributed by atoms with Gasteiger partial charge in [0.25, 0.3) is 0 Å². The average molecular weight is 343 g/mol. The van der Waals surface area contributed by atoms with E-state index in [-0.39, 0.29) is 25.4 Å². The number of likely N-dealkylation sites (tertiary alicyclic amines) is 1. The Kier molecular flexibility index (Phi) is 6.28. The molecule has 0 aromatic heterocycles. The van der Waals surface area contributed by atoms with E-state index in [9.17, 15) is 14.4 Å². The number of unbranched alkanes of at least 4 members (excludes halogenated alkanes) is 1. The molecule has 0 spiro atoms. The third-order valence-corrected chi connectivity index (χ3v) is 4.21. The minimum Gasteiger partial charge on any atom is -0.462 e. The SMILES string of the molecule is CCCCOC(=O)N1CCC(OC(=O)C2(C)COC(=O)OC2)CC1. The fourth-order valence-corrected chi connectivity index (χ4v) is 2.48. The van der Waals surface area contributed by atoms with Gasteiger partial charge in [0.15, 0.2) is 0 Å². The summed E-state index contributed by atoms with van der Waals surface area (Å²) >= 11 is 0. The lowest BCUT2D eigenvalue weighted by Gasteiger charge is -2.34. The van der Waals surface area contributed by atoms with Crippen LogP contribution in [-0.4, -0.2) is 62.1 Å². The fourth-order valence-electron chi connectivity index (χ4n) is 2.48. The zero-order valence-electron chi connectivity index (χ0n) is 14.2. The van der Waals surface area contributed by atoms with Crippen molar-refractivity contribution in [3.8, 4) is 0 Å². The van der Waals surface area contributed by atoms with E-state index in [1.165, 1.54) is 0 Å². The van der Waals surface area contributed by atoms with E-state index in [0.29, 0.717) is 32.5 Å². The van der Waals surface area contributed by atoms with Crippen LogP contribution in [0.2, 0.25) is 0 Å². The van der Waals surface area contributed by atoms with Gasteiger partial charge in [-0.25, -0.2) is 9.59 Å². The molecule has 0 aromatic rings. The molecule has 2 saturated heterocycles. The molecule has 2 rings (SSSR count). The monoisotopic (exact) mass is 343 g/mol. The summed E-state index contributed by atoms with van der Waals surface area (Å²) in [6.45, 7) is 4.99. The number of esters is 1. The lowest BCUT2D eigenvalue weighted by atomic mass is 9.92. The van der Waals surface area contributed by atoms with Crippen molar-refractivity contribution in [1.82, 2.24) is 4.90 Å². The van der Waals surface area contributed by atoms with Gasteiger partial charge < -0.3 is 23.8 Å². The average Bonchev–Trinajstić information content (AvgIpc) is 2.58. The highest BCUT2D eigenvalue weighted by molar-refractivity contribution is 5.78. The van der Waals surface area contributed by atoms with Crippen LogP contribution in [0.25, 0.3) is 0 Å². The van der Waals surface area contributed by atoms with Crippen LogP contribution in [0.3, 0.4) is 0 Å². The number of carbonyl (C=O) groups is 3. The molecule has 0 aromatic carbocycles. The molecule has 2 fully saturated rings. The summed E-state index contributed by atoms with van der Waals surface area (Å²) in [5, 5.41) is 0. The van der Waals surface area contributed by atoms with E-state index < -0.39 is 17.5 Å². The summed E-state index contributed by atoms with van der Waals surface area (Å²) in [6, 6.07) is 0. The highest BCUT2D eigenvalue weighted by atomic mass is 16.7. The van der Waals surface area contributed by atoms with Gasteiger partial charge in [-0.15, -0.1) is 0 Å². The number of piperidine rings is 1. The number of rotatable bonds is 5. The minimum absolute atomic E-state index is 0.0483. The van der Waals surface area contributed by atoms with E-state index in [2.05, 4.69) is 0 Å². The Labute approximate surface area is 141 Å². The van der Waals surface area contributed by atoms with E-state index in [1.807, 2.05) is 6.92 Å². The molecule has 24 heavy (non-hydrogen) atoms. The first kappa shape index (κ1) is 18.4. The Morgan fingerprint density at radius 1 is 1.25 bits per heavy atom. The zero-order valence-corrected chi connectivity index (χ0v) is 14.2. The maximum absolute atomic E-state index is 12.3. The lowest BCUT2D eigenvalue weighted by Crippen LogP contribution is -2.47. The fraction of sp³-hybridized carbons (Fsp3) is 0.812. The molecule has 0 atom stereocenters. The number of hydrogen-bond acceptors (Lipinski definition) is 7. The van der Waals surface area contributed by atoms with Crippen molar-refractivity contribution < 1.29 is 33.3 Å². The first-order valence-electron chi connectivity index (χ1n) is 8.37. The Hall–Kier alpha value is -1.99. The van der Waals surface area contributed by atoms with Crippen molar-refractivity contribution >= 4 is 18.2 Å². The largest absolute Gasteiger partial charge is 0.508 e. The summed E-state index contributed by atoms with van der Waals surface area (Å²) in [4.78, 5) is 36.7.